The Balaban J connectivity index is 1.90. The van der Waals surface area contributed by atoms with Crippen LogP contribution < -0.4 is 9.64 Å². The molecule has 35 heavy (non-hydrogen) atoms. The van der Waals surface area contributed by atoms with E-state index < -0.39 is 0 Å². The molecule has 180 valence electrons. The van der Waals surface area contributed by atoms with E-state index in [-0.39, 0.29) is 17.2 Å². The summed E-state index contributed by atoms with van der Waals surface area (Å²) in [7, 11) is 0. The number of ether oxygens (including phenoxy) is 1. The first-order valence-electron chi connectivity index (χ1n) is 11.5. The Labute approximate surface area is 206 Å². The monoisotopic (exact) mass is 469 g/mol. The molecule has 0 bridgehead atoms. The van der Waals surface area contributed by atoms with Gasteiger partial charge in [-0.05, 0) is 111 Å². The standard InChI is InChI=1S/C30H31NO4/c1-17-12-24(32)15-27(19(17)3)31(28-16-25(33)13-18(2)20(28)4)23-8-7-9-26(14-23)35-30-11-10-29(34)21(5)22(30)6/h7-16,32-34H,1-6H3. The second-order valence-electron chi connectivity index (χ2n) is 9.08. The molecule has 0 spiro atoms. The van der Waals surface area contributed by atoms with Crippen molar-refractivity contribution in [2.45, 2.75) is 41.5 Å². The normalized spacial score (nSPS) is 10.9. The van der Waals surface area contributed by atoms with Gasteiger partial charge in [-0.1, -0.05) is 6.07 Å². The van der Waals surface area contributed by atoms with Crippen molar-refractivity contribution in [2.24, 2.45) is 0 Å². The van der Waals surface area contributed by atoms with Gasteiger partial charge in [0.2, 0.25) is 0 Å². The molecule has 0 amide bonds. The van der Waals surface area contributed by atoms with Crippen LogP contribution in [0.4, 0.5) is 17.1 Å². The molecule has 0 radical (unpaired) electrons. The van der Waals surface area contributed by atoms with Crippen molar-refractivity contribution >= 4 is 17.1 Å². The van der Waals surface area contributed by atoms with Crippen molar-refractivity contribution in [1.82, 2.24) is 0 Å². The summed E-state index contributed by atoms with van der Waals surface area (Å²) in [5, 5.41) is 30.9. The third-order valence-corrected chi connectivity index (χ3v) is 6.74. The number of hydrogen-bond acceptors (Lipinski definition) is 5. The van der Waals surface area contributed by atoms with Gasteiger partial charge >= 0.3 is 0 Å². The SMILES string of the molecule is Cc1cc(O)cc(N(c2cccc(Oc3ccc(O)c(C)c3C)c2)c2cc(O)cc(C)c2C)c1C. The molecular formula is C30H31NO4. The number of phenols is 3. The molecule has 4 aromatic rings. The Morgan fingerprint density at radius 3 is 1.74 bits per heavy atom. The van der Waals surface area contributed by atoms with Crippen molar-refractivity contribution in [2.75, 3.05) is 4.90 Å². The maximum Gasteiger partial charge on any atom is 0.130 e. The van der Waals surface area contributed by atoms with Crippen molar-refractivity contribution in [3.63, 3.8) is 0 Å². The molecule has 0 saturated heterocycles. The van der Waals surface area contributed by atoms with Crippen molar-refractivity contribution in [3.05, 3.63) is 94.0 Å². The predicted octanol–water partition coefficient (Wildman–Crippen LogP) is 7.92. The van der Waals surface area contributed by atoms with Gasteiger partial charge in [0.05, 0.1) is 11.4 Å². The first-order valence-corrected chi connectivity index (χ1v) is 11.5. The summed E-state index contributed by atoms with van der Waals surface area (Å²) in [6.45, 7) is 11.7. The summed E-state index contributed by atoms with van der Waals surface area (Å²) < 4.78 is 6.23. The van der Waals surface area contributed by atoms with Crippen LogP contribution in [0.2, 0.25) is 0 Å². The molecular weight excluding hydrogens is 438 g/mol. The number of phenolic OH excluding ortho intramolecular Hbond substituents is 3. The molecule has 0 unspecified atom stereocenters. The zero-order chi connectivity index (χ0) is 25.4. The van der Waals surface area contributed by atoms with Crippen LogP contribution in [0.3, 0.4) is 0 Å². The molecule has 4 aromatic carbocycles. The largest absolute Gasteiger partial charge is 0.508 e. The lowest BCUT2D eigenvalue weighted by molar-refractivity contribution is 0.457. The van der Waals surface area contributed by atoms with Gasteiger partial charge in [-0.3, -0.25) is 0 Å². The molecule has 5 nitrogen and oxygen atoms in total. The van der Waals surface area contributed by atoms with E-state index in [0.717, 1.165) is 50.4 Å². The number of rotatable bonds is 5. The van der Waals surface area contributed by atoms with E-state index in [0.29, 0.717) is 11.5 Å². The van der Waals surface area contributed by atoms with E-state index in [2.05, 4.69) is 0 Å². The zero-order valence-corrected chi connectivity index (χ0v) is 21.0. The van der Waals surface area contributed by atoms with Gasteiger partial charge in [0.25, 0.3) is 0 Å². The topological polar surface area (TPSA) is 73.2 Å². The molecule has 0 aliphatic heterocycles. The third-order valence-electron chi connectivity index (χ3n) is 6.74. The van der Waals surface area contributed by atoms with Gasteiger partial charge in [-0.2, -0.15) is 0 Å². The number of nitrogens with zero attached hydrogens (tertiary/aromatic N) is 1. The quantitative estimate of drug-likeness (QED) is 0.277. The zero-order valence-electron chi connectivity index (χ0n) is 21.0. The van der Waals surface area contributed by atoms with Gasteiger partial charge in [0.1, 0.15) is 28.7 Å². The molecule has 0 saturated carbocycles. The Morgan fingerprint density at radius 2 is 1.17 bits per heavy atom. The van der Waals surface area contributed by atoms with E-state index in [1.165, 1.54) is 0 Å². The Hall–Kier alpha value is -4.12. The summed E-state index contributed by atoms with van der Waals surface area (Å²) in [5.41, 5.74) is 8.03. The smallest absolute Gasteiger partial charge is 0.130 e. The highest BCUT2D eigenvalue weighted by Gasteiger charge is 2.21. The minimum Gasteiger partial charge on any atom is -0.508 e. The summed E-state index contributed by atoms with van der Waals surface area (Å²) in [6, 6.07) is 18.0. The van der Waals surface area contributed by atoms with Crippen LogP contribution in [0.5, 0.6) is 28.7 Å². The molecule has 0 aliphatic carbocycles. The van der Waals surface area contributed by atoms with Crippen LogP contribution in [0.1, 0.15) is 33.4 Å². The highest BCUT2D eigenvalue weighted by atomic mass is 16.5. The Morgan fingerprint density at radius 1 is 0.600 bits per heavy atom. The second-order valence-corrected chi connectivity index (χ2v) is 9.08. The van der Waals surface area contributed by atoms with E-state index in [9.17, 15) is 15.3 Å². The number of aryl methyl sites for hydroxylation is 2. The van der Waals surface area contributed by atoms with E-state index in [4.69, 9.17) is 4.74 Å². The summed E-state index contributed by atoms with van der Waals surface area (Å²) in [6.07, 6.45) is 0. The average molecular weight is 470 g/mol. The maximum absolute atomic E-state index is 10.4. The lowest BCUT2D eigenvalue weighted by Gasteiger charge is -2.30. The van der Waals surface area contributed by atoms with E-state index in [1.807, 2.05) is 70.7 Å². The predicted molar refractivity (Wildman–Crippen MR) is 141 cm³/mol. The van der Waals surface area contributed by atoms with E-state index in [1.54, 1.807) is 36.4 Å². The van der Waals surface area contributed by atoms with Crippen molar-refractivity contribution in [3.8, 4) is 28.7 Å². The van der Waals surface area contributed by atoms with E-state index >= 15 is 0 Å². The molecule has 0 aromatic heterocycles. The minimum atomic E-state index is 0.172. The fraction of sp³-hybridized carbons (Fsp3) is 0.200. The molecule has 0 heterocycles. The first-order chi connectivity index (χ1) is 16.6. The fourth-order valence-corrected chi connectivity index (χ4v) is 4.22. The highest BCUT2D eigenvalue weighted by Crippen LogP contribution is 2.44. The highest BCUT2D eigenvalue weighted by molar-refractivity contribution is 5.83. The maximum atomic E-state index is 10.4. The van der Waals surface area contributed by atoms with Crippen molar-refractivity contribution < 1.29 is 20.1 Å². The number of hydrogen-bond donors (Lipinski definition) is 3. The Bertz CT molecular complexity index is 1370. The third kappa shape index (κ3) is 4.62. The van der Waals surface area contributed by atoms with Gasteiger partial charge in [0.15, 0.2) is 0 Å². The van der Waals surface area contributed by atoms with Crippen LogP contribution in [0.15, 0.2) is 60.7 Å². The van der Waals surface area contributed by atoms with Crippen LogP contribution in [0, 0.1) is 41.5 Å². The lowest BCUT2D eigenvalue weighted by Crippen LogP contribution is -2.14. The van der Waals surface area contributed by atoms with Crippen molar-refractivity contribution in [1.29, 1.82) is 0 Å². The van der Waals surface area contributed by atoms with Crippen LogP contribution in [-0.2, 0) is 0 Å². The van der Waals surface area contributed by atoms with Crippen LogP contribution >= 0.6 is 0 Å². The minimum absolute atomic E-state index is 0.172. The first kappa shape index (κ1) is 24.0. The number of anilines is 3. The van der Waals surface area contributed by atoms with Gasteiger partial charge < -0.3 is 25.0 Å². The molecule has 0 fully saturated rings. The Kier molecular flexibility index (Phi) is 6.35. The fourth-order valence-electron chi connectivity index (χ4n) is 4.22. The van der Waals surface area contributed by atoms with Gasteiger partial charge in [-0.25, -0.2) is 0 Å². The molecule has 0 aliphatic rings. The van der Waals surface area contributed by atoms with Crippen LogP contribution in [0.25, 0.3) is 0 Å². The lowest BCUT2D eigenvalue weighted by atomic mass is 10.0. The second kappa shape index (κ2) is 9.26. The summed E-state index contributed by atoms with van der Waals surface area (Å²) in [4.78, 5) is 2.03. The molecule has 3 N–H and O–H groups in total. The number of aromatic hydroxyl groups is 3. The number of benzene rings is 4. The molecule has 4 rings (SSSR count). The summed E-state index contributed by atoms with van der Waals surface area (Å²) in [5.74, 6) is 1.87. The van der Waals surface area contributed by atoms with Crippen LogP contribution in [-0.4, -0.2) is 15.3 Å². The summed E-state index contributed by atoms with van der Waals surface area (Å²) >= 11 is 0. The molecule has 5 heteroatoms. The van der Waals surface area contributed by atoms with Gasteiger partial charge in [0, 0.05) is 23.9 Å². The molecule has 0 atom stereocenters. The van der Waals surface area contributed by atoms with Gasteiger partial charge in [-0.15, -0.1) is 0 Å². The average Bonchev–Trinajstić information content (AvgIpc) is 2.81.